The minimum Gasteiger partial charge on any atom is -0.289 e. The SMILES string of the molecule is CCCCCCC(Sc1ccc(F)cc1)C(=O)NO. The van der Waals surface area contributed by atoms with Gasteiger partial charge in [0, 0.05) is 4.90 Å². The highest BCUT2D eigenvalue weighted by Crippen LogP contribution is 2.27. The van der Waals surface area contributed by atoms with Gasteiger partial charge in [-0.3, -0.25) is 10.0 Å². The second-order valence-corrected chi connectivity index (χ2v) is 5.66. The first-order valence-electron chi connectivity index (χ1n) is 6.53. The summed E-state index contributed by atoms with van der Waals surface area (Å²) in [5, 5.41) is 8.42. The monoisotopic (exact) mass is 285 g/mol. The number of carbonyl (C=O) groups is 1. The molecule has 0 saturated heterocycles. The number of rotatable bonds is 8. The first-order chi connectivity index (χ1) is 9.17. The van der Waals surface area contributed by atoms with Crippen molar-refractivity contribution in [1.29, 1.82) is 0 Å². The Morgan fingerprint density at radius 1 is 1.32 bits per heavy atom. The number of nitrogens with one attached hydrogen (secondary N) is 1. The van der Waals surface area contributed by atoms with E-state index in [1.54, 1.807) is 17.6 Å². The molecular weight excluding hydrogens is 265 g/mol. The summed E-state index contributed by atoms with van der Waals surface area (Å²) < 4.78 is 12.8. The molecule has 1 aromatic rings. The minimum absolute atomic E-state index is 0.296. The number of carbonyl (C=O) groups excluding carboxylic acids is 1. The number of halogens is 1. The minimum atomic E-state index is -0.397. The van der Waals surface area contributed by atoms with Crippen molar-refractivity contribution in [3.05, 3.63) is 30.1 Å². The van der Waals surface area contributed by atoms with Gasteiger partial charge in [0.25, 0.3) is 5.91 Å². The number of hydroxylamine groups is 1. The van der Waals surface area contributed by atoms with Crippen LogP contribution in [0.15, 0.2) is 29.2 Å². The molecule has 0 spiro atoms. The Morgan fingerprint density at radius 3 is 2.58 bits per heavy atom. The molecule has 0 bridgehead atoms. The Labute approximate surface area is 117 Å². The molecule has 0 aliphatic rings. The van der Waals surface area contributed by atoms with Crippen LogP contribution in [0.4, 0.5) is 4.39 Å². The second kappa shape index (κ2) is 8.93. The summed E-state index contributed by atoms with van der Waals surface area (Å²) in [5.74, 6) is -0.693. The number of hydrogen-bond donors (Lipinski definition) is 2. The van der Waals surface area contributed by atoms with Crippen LogP contribution >= 0.6 is 11.8 Å². The van der Waals surface area contributed by atoms with Gasteiger partial charge in [-0.05, 0) is 30.7 Å². The summed E-state index contributed by atoms with van der Waals surface area (Å²) in [6.07, 6.45) is 5.01. The van der Waals surface area contributed by atoms with Crippen molar-refractivity contribution in [1.82, 2.24) is 5.48 Å². The van der Waals surface area contributed by atoms with Gasteiger partial charge in [0.2, 0.25) is 0 Å². The Morgan fingerprint density at radius 2 is 2.00 bits per heavy atom. The molecule has 106 valence electrons. The van der Waals surface area contributed by atoms with Crippen LogP contribution in [0.5, 0.6) is 0 Å². The summed E-state index contributed by atoms with van der Waals surface area (Å²) in [6.45, 7) is 2.13. The average Bonchev–Trinajstić information content (AvgIpc) is 2.43. The maximum absolute atomic E-state index is 12.8. The average molecular weight is 285 g/mol. The van der Waals surface area contributed by atoms with Crippen molar-refractivity contribution in [2.45, 2.75) is 49.2 Å². The highest BCUT2D eigenvalue weighted by molar-refractivity contribution is 8.00. The fraction of sp³-hybridized carbons (Fsp3) is 0.500. The van der Waals surface area contributed by atoms with Crippen molar-refractivity contribution in [2.24, 2.45) is 0 Å². The topological polar surface area (TPSA) is 49.3 Å². The van der Waals surface area contributed by atoms with Crippen molar-refractivity contribution in [3.63, 3.8) is 0 Å². The predicted molar refractivity (Wildman–Crippen MR) is 74.7 cm³/mol. The molecule has 0 aromatic heterocycles. The van der Waals surface area contributed by atoms with Crippen molar-refractivity contribution >= 4 is 17.7 Å². The second-order valence-electron chi connectivity index (χ2n) is 4.39. The molecule has 19 heavy (non-hydrogen) atoms. The molecule has 1 rings (SSSR count). The van der Waals surface area contributed by atoms with Crippen LogP contribution in [0.25, 0.3) is 0 Å². The number of benzene rings is 1. The maximum atomic E-state index is 12.8. The predicted octanol–water partition coefficient (Wildman–Crippen LogP) is 3.76. The van der Waals surface area contributed by atoms with Crippen LogP contribution < -0.4 is 5.48 Å². The highest BCUT2D eigenvalue weighted by atomic mass is 32.2. The van der Waals surface area contributed by atoms with E-state index in [2.05, 4.69) is 6.92 Å². The van der Waals surface area contributed by atoms with E-state index in [4.69, 9.17) is 5.21 Å². The Kier molecular flexibility index (Phi) is 7.52. The number of hydrogen-bond acceptors (Lipinski definition) is 3. The van der Waals surface area contributed by atoms with E-state index in [0.29, 0.717) is 6.42 Å². The van der Waals surface area contributed by atoms with Gasteiger partial charge in [0.1, 0.15) is 5.82 Å². The molecule has 0 heterocycles. The molecule has 5 heteroatoms. The lowest BCUT2D eigenvalue weighted by Gasteiger charge is -2.14. The first-order valence-corrected chi connectivity index (χ1v) is 7.41. The van der Waals surface area contributed by atoms with Gasteiger partial charge in [-0.2, -0.15) is 0 Å². The normalized spacial score (nSPS) is 12.2. The third kappa shape index (κ3) is 6.07. The standard InChI is InChI=1S/C14H20FNO2S/c1-2-3-4-5-6-13(14(17)16-18)19-12-9-7-11(15)8-10-12/h7-10,13,18H,2-6H2,1H3,(H,16,17). The molecule has 0 radical (unpaired) electrons. The molecule has 1 unspecified atom stereocenters. The molecule has 0 aliphatic carbocycles. The van der Waals surface area contributed by atoms with E-state index >= 15 is 0 Å². The third-order valence-electron chi connectivity index (χ3n) is 2.81. The molecular formula is C14H20FNO2S. The van der Waals surface area contributed by atoms with Crippen molar-refractivity contribution in [3.8, 4) is 0 Å². The zero-order valence-electron chi connectivity index (χ0n) is 11.1. The fourth-order valence-electron chi connectivity index (χ4n) is 1.75. The fourth-order valence-corrected chi connectivity index (χ4v) is 2.82. The maximum Gasteiger partial charge on any atom is 0.256 e. The van der Waals surface area contributed by atoms with E-state index in [1.807, 2.05) is 0 Å². The lowest BCUT2D eigenvalue weighted by Crippen LogP contribution is -2.30. The molecule has 0 saturated carbocycles. The van der Waals surface area contributed by atoms with E-state index < -0.39 is 5.91 Å². The van der Waals surface area contributed by atoms with Gasteiger partial charge < -0.3 is 0 Å². The van der Waals surface area contributed by atoms with Gasteiger partial charge >= 0.3 is 0 Å². The van der Waals surface area contributed by atoms with E-state index in [0.717, 1.165) is 30.6 Å². The summed E-state index contributed by atoms with van der Waals surface area (Å²) in [5.41, 5.74) is 1.70. The highest BCUT2D eigenvalue weighted by Gasteiger charge is 2.18. The number of thioether (sulfide) groups is 1. The number of unbranched alkanes of at least 4 members (excludes halogenated alkanes) is 3. The Hall–Kier alpha value is -1.07. The smallest absolute Gasteiger partial charge is 0.256 e. The van der Waals surface area contributed by atoms with E-state index in [1.165, 1.54) is 23.9 Å². The van der Waals surface area contributed by atoms with Crippen LogP contribution in [0.2, 0.25) is 0 Å². The Bertz CT molecular complexity index is 384. The van der Waals surface area contributed by atoms with Gasteiger partial charge in [-0.1, -0.05) is 32.6 Å². The van der Waals surface area contributed by atoms with Crippen LogP contribution in [0.3, 0.4) is 0 Å². The van der Waals surface area contributed by atoms with E-state index in [-0.39, 0.29) is 11.1 Å². The molecule has 1 atom stereocenters. The Balaban J connectivity index is 2.53. The summed E-state index contributed by atoms with van der Waals surface area (Å²) >= 11 is 1.35. The summed E-state index contributed by atoms with van der Waals surface area (Å²) in [6, 6.07) is 6.02. The summed E-state index contributed by atoms with van der Waals surface area (Å²) in [7, 11) is 0. The van der Waals surface area contributed by atoms with E-state index in [9.17, 15) is 9.18 Å². The zero-order chi connectivity index (χ0) is 14.1. The molecule has 2 N–H and O–H groups in total. The van der Waals surface area contributed by atoms with Crippen LogP contribution in [0, 0.1) is 5.82 Å². The van der Waals surface area contributed by atoms with Crippen molar-refractivity contribution in [2.75, 3.05) is 0 Å². The third-order valence-corrected chi connectivity index (χ3v) is 4.09. The molecule has 0 aliphatic heterocycles. The lowest BCUT2D eigenvalue weighted by atomic mass is 10.1. The molecule has 1 amide bonds. The van der Waals surface area contributed by atoms with Crippen LogP contribution in [0.1, 0.15) is 39.0 Å². The van der Waals surface area contributed by atoms with Crippen LogP contribution in [-0.2, 0) is 4.79 Å². The largest absolute Gasteiger partial charge is 0.289 e. The van der Waals surface area contributed by atoms with Crippen LogP contribution in [-0.4, -0.2) is 16.4 Å². The summed E-state index contributed by atoms with van der Waals surface area (Å²) in [4.78, 5) is 12.4. The van der Waals surface area contributed by atoms with Gasteiger partial charge in [0.05, 0.1) is 5.25 Å². The number of amides is 1. The zero-order valence-corrected chi connectivity index (χ0v) is 11.9. The quantitative estimate of drug-likeness (QED) is 0.331. The molecule has 3 nitrogen and oxygen atoms in total. The van der Waals surface area contributed by atoms with Gasteiger partial charge in [-0.25, -0.2) is 9.87 Å². The molecule has 1 aromatic carbocycles. The first kappa shape index (κ1) is 16.0. The molecule has 0 fully saturated rings. The lowest BCUT2D eigenvalue weighted by molar-refractivity contribution is -0.128. The van der Waals surface area contributed by atoms with Gasteiger partial charge in [0.15, 0.2) is 0 Å². The van der Waals surface area contributed by atoms with Crippen molar-refractivity contribution < 1.29 is 14.4 Å². The van der Waals surface area contributed by atoms with Gasteiger partial charge in [-0.15, -0.1) is 11.8 Å².